The van der Waals surface area contributed by atoms with Gasteiger partial charge in [-0.05, 0) is 41.8 Å². The molecule has 2 heterocycles. The second-order valence-corrected chi connectivity index (χ2v) is 7.06. The number of rotatable bonds is 5. The molecule has 5 nitrogen and oxygen atoms in total. The maximum absolute atomic E-state index is 6.14. The van der Waals surface area contributed by atoms with Gasteiger partial charge >= 0.3 is 0 Å². The molecule has 0 atom stereocenters. The molecule has 0 spiro atoms. The Kier molecular flexibility index (Phi) is 4.21. The normalized spacial score (nSPS) is 11.2. The number of aryl methyl sites for hydroxylation is 1. The average Bonchev–Trinajstić information content (AvgIpc) is 3.10. The van der Waals surface area contributed by atoms with Crippen molar-refractivity contribution in [1.82, 2.24) is 9.55 Å². The van der Waals surface area contributed by atoms with Gasteiger partial charge in [-0.2, -0.15) is 0 Å². The van der Waals surface area contributed by atoms with Gasteiger partial charge in [-0.3, -0.25) is 9.15 Å². The minimum atomic E-state index is 0.398. The van der Waals surface area contributed by atoms with E-state index < -0.39 is 0 Å². The summed E-state index contributed by atoms with van der Waals surface area (Å²) in [6.45, 7) is 2.46. The van der Waals surface area contributed by atoms with Crippen molar-refractivity contribution in [2.45, 2.75) is 13.5 Å². The minimum absolute atomic E-state index is 0.398. The van der Waals surface area contributed by atoms with E-state index in [1.54, 1.807) is 0 Å². The van der Waals surface area contributed by atoms with Crippen LogP contribution in [0, 0.1) is 6.92 Å². The van der Waals surface area contributed by atoms with Gasteiger partial charge in [0.1, 0.15) is 18.2 Å². The second-order valence-electron chi connectivity index (χ2n) is 7.06. The molecule has 0 fully saturated rings. The van der Waals surface area contributed by atoms with Crippen LogP contribution < -0.4 is 4.74 Å². The lowest BCUT2D eigenvalue weighted by molar-refractivity contribution is 0.0590. The van der Waals surface area contributed by atoms with Crippen LogP contribution in [0.1, 0.15) is 11.4 Å². The highest BCUT2D eigenvalue weighted by molar-refractivity contribution is 5.80. The van der Waals surface area contributed by atoms with E-state index in [0.717, 1.165) is 50.7 Å². The van der Waals surface area contributed by atoms with Crippen molar-refractivity contribution in [3.05, 3.63) is 84.3 Å². The van der Waals surface area contributed by atoms with Crippen LogP contribution in [0.3, 0.4) is 0 Å². The van der Waals surface area contributed by atoms with Crippen molar-refractivity contribution in [1.29, 1.82) is 0 Å². The first-order valence-corrected chi connectivity index (χ1v) is 9.48. The van der Waals surface area contributed by atoms with Crippen LogP contribution in [0.15, 0.2) is 82.1 Å². The Morgan fingerprint density at radius 3 is 2.48 bits per heavy atom. The van der Waals surface area contributed by atoms with E-state index in [4.69, 9.17) is 18.9 Å². The van der Waals surface area contributed by atoms with E-state index in [1.165, 1.54) is 0 Å². The molecule has 0 aliphatic heterocycles. The fourth-order valence-electron chi connectivity index (χ4n) is 3.48. The van der Waals surface area contributed by atoms with Crippen LogP contribution >= 0.6 is 0 Å². The summed E-state index contributed by atoms with van der Waals surface area (Å²) in [5, 5.41) is 0. The number of benzene rings is 3. The zero-order valence-electron chi connectivity index (χ0n) is 16.3. The standard InChI is InChI=1S/C24H20N2O3/c1-16-19(18-11-12-22-23(13-18)29-28-22)9-6-10-21(16)27-15-24-25-20(14-26(24)2)17-7-4-3-5-8-17/h3-14H,15H2,1-2H3. The first-order valence-electron chi connectivity index (χ1n) is 9.48. The van der Waals surface area contributed by atoms with Gasteiger partial charge in [-0.15, -0.1) is 0 Å². The van der Waals surface area contributed by atoms with Gasteiger partial charge in [-0.1, -0.05) is 48.5 Å². The van der Waals surface area contributed by atoms with Crippen molar-refractivity contribution in [2.75, 3.05) is 0 Å². The summed E-state index contributed by atoms with van der Waals surface area (Å²) in [6.07, 6.45) is 2.03. The highest BCUT2D eigenvalue weighted by Crippen LogP contribution is 2.33. The summed E-state index contributed by atoms with van der Waals surface area (Å²) in [6, 6.07) is 22.2. The fourth-order valence-corrected chi connectivity index (χ4v) is 3.48. The first-order chi connectivity index (χ1) is 14.2. The van der Waals surface area contributed by atoms with Gasteiger partial charge in [-0.25, -0.2) is 4.98 Å². The molecule has 5 rings (SSSR count). The van der Waals surface area contributed by atoms with Gasteiger partial charge in [0.05, 0.1) is 5.69 Å². The third kappa shape index (κ3) is 3.21. The molecule has 3 aromatic carbocycles. The third-order valence-corrected chi connectivity index (χ3v) is 5.16. The van der Waals surface area contributed by atoms with Crippen LogP contribution in [-0.4, -0.2) is 9.55 Å². The molecule has 0 amide bonds. The highest BCUT2D eigenvalue weighted by atomic mass is 17.0. The quantitative estimate of drug-likeness (QED) is 0.350. The molecule has 2 aromatic heterocycles. The van der Waals surface area contributed by atoms with Gasteiger partial charge in [0.25, 0.3) is 0 Å². The van der Waals surface area contributed by atoms with E-state index in [0.29, 0.717) is 6.61 Å². The Morgan fingerprint density at radius 2 is 1.72 bits per heavy atom. The number of aromatic nitrogens is 2. The zero-order valence-corrected chi connectivity index (χ0v) is 16.3. The Morgan fingerprint density at radius 1 is 0.897 bits per heavy atom. The molecule has 0 radical (unpaired) electrons. The number of hydrogen-bond donors (Lipinski definition) is 0. The molecule has 0 saturated heterocycles. The third-order valence-electron chi connectivity index (χ3n) is 5.16. The zero-order chi connectivity index (χ0) is 19.8. The molecule has 5 aromatic rings. The second kappa shape index (κ2) is 7.02. The summed E-state index contributed by atoms with van der Waals surface area (Å²) < 4.78 is 18.1. The number of nitrogens with zero attached hydrogens (tertiary/aromatic N) is 2. The van der Waals surface area contributed by atoms with Crippen LogP contribution in [0.2, 0.25) is 0 Å². The Balaban J connectivity index is 1.39. The highest BCUT2D eigenvalue weighted by Gasteiger charge is 2.13. The molecule has 0 aliphatic rings. The van der Waals surface area contributed by atoms with Crippen LogP contribution in [-0.2, 0) is 13.7 Å². The predicted octanol–water partition coefficient (Wildman–Crippen LogP) is 5.98. The lowest BCUT2D eigenvalue weighted by Gasteiger charge is -2.13. The first kappa shape index (κ1) is 17.4. The molecule has 0 aliphatic carbocycles. The van der Waals surface area contributed by atoms with Crippen molar-refractivity contribution in [3.63, 3.8) is 0 Å². The lowest BCUT2D eigenvalue weighted by atomic mass is 9.99. The van der Waals surface area contributed by atoms with Gasteiger partial charge in [0.15, 0.2) is 0 Å². The topological polar surface area (TPSA) is 53.3 Å². The fraction of sp³-hybridized carbons (Fsp3) is 0.125. The Hall–Kier alpha value is -3.73. The molecular weight excluding hydrogens is 364 g/mol. The molecule has 0 unspecified atom stereocenters. The summed E-state index contributed by atoms with van der Waals surface area (Å²) in [5.74, 6) is 1.71. The molecule has 0 bridgehead atoms. The molecule has 0 N–H and O–H groups in total. The van der Waals surface area contributed by atoms with Crippen molar-refractivity contribution in [3.8, 4) is 28.1 Å². The number of ether oxygens (including phenoxy) is 1. The van der Waals surface area contributed by atoms with Crippen molar-refractivity contribution < 1.29 is 13.9 Å². The van der Waals surface area contributed by atoms with Gasteiger partial charge in [0, 0.05) is 18.8 Å². The monoisotopic (exact) mass is 384 g/mol. The summed E-state index contributed by atoms with van der Waals surface area (Å²) >= 11 is 0. The molecule has 29 heavy (non-hydrogen) atoms. The van der Waals surface area contributed by atoms with Gasteiger partial charge in [0.2, 0.25) is 11.2 Å². The van der Waals surface area contributed by atoms with Crippen molar-refractivity contribution in [2.24, 2.45) is 7.05 Å². The number of fused-ring (bicyclic) bond motifs is 1. The van der Waals surface area contributed by atoms with Crippen LogP contribution in [0.4, 0.5) is 0 Å². The Labute approximate surface area is 168 Å². The Bertz CT molecular complexity index is 1280. The predicted molar refractivity (Wildman–Crippen MR) is 112 cm³/mol. The maximum atomic E-state index is 6.14. The SMILES string of the molecule is Cc1c(OCc2nc(-c3ccccc3)cn2C)cccc1-c1ccc2ooc2c1. The number of hydrogen-bond acceptors (Lipinski definition) is 4. The van der Waals surface area contributed by atoms with Gasteiger partial charge < -0.3 is 9.30 Å². The maximum Gasteiger partial charge on any atom is 0.226 e. The smallest absolute Gasteiger partial charge is 0.226 e. The summed E-state index contributed by atoms with van der Waals surface area (Å²) in [5.41, 5.74) is 6.81. The largest absolute Gasteiger partial charge is 0.485 e. The molecule has 144 valence electrons. The molecule has 0 saturated carbocycles. The van der Waals surface area contributed by atoms with E-state index in [9.17, 15) is 0 Å². The molecular formula is C24H20N2O3. The van der Waals surface area contributed by atoms with Crippen LogP contribution in [0.5, 0.6) is 5.75 Å². The van der Waals surface area contributed by atoms with E-state index in [-0.39, 0.29) is 0 Å². The van der Waals surface area contributed by atoms with E-state index in [1.807, 2.05) is 66.3 Å². The summed E-state index contributed by atoms with van der Waals surface area (Å²) in [4.78, 5) is 4.74. The van der Waals surface area contributed by atoms with Crippen molar-refractivity contribution >= 4 is 11.2 Å². The summed E-state index contributed by atoms with van der Waals surface area (Å²) in [7, 11) is 1.99. The lowest BCUT2D eigenvalue weighted by Crippen LogP contribution is -2.04. The van der Waals surface area contributed by atoms with Crippen LogP contribution in [0.25, 0.3) is 33.6 Å². The van der Waals surface area contributed by atoms with E-state index >= 15 is 0 Å². The number of imidazole rings is 1. The van der Waals surface area contributed by atoms with E-state index in [2.05, 4.69) is 25.1 Å². The molecule has 5 heteroatoms. The minimum Gasteiger partial charge on any atom is -0.485 e. The average molecular weight is 384 g/mol.